The highest BCUT2D eigenvalue weighted by molar-refractivity contribution is 5.84. The summed E-state index contributed by atoms with van der Waals surface area (Å²) in [5.74, 6) is 0.169. The van der Waals surface area contributed by atoms with Gasteiger partial charge in [-0.3, -0.25) is 0 Å². The van der Waals surface area contributed by atoms with Gasteiger partial charge in [0.1, 0.15) is 11.3 Å². The molecule has 1 heterocycles. The SMILES string of the molecule is CCCCCCCCCC(O)c1ccc2cccc(O)c2n1. The molecule has 3 nitrogen and oxygen atoms in total. The lowest BCUT2D eigenvalue weighted by molar-refractivity contribution is 0.159. The van der Waals surface area contributed by atoms with E-state index < -0.39 is 6.10 Å². The number of unbranched alkanes of at least 4 members (excludes halogenated alkanes) is 6. The lowest BCUT2D eigenvalue weighted by Gasteiger charge is -2.11. The number of nitrogens with zero attached hydrogens (tertiary/aromatic N) is 1. The second kappa shape index (κ2) is 8.74. The molecule has 0 saturated carbocycles. The maximum atomic E-state index is 10.3. The molecular formula is C19H27NO2. The van der Waals surface area contributed by atoms with Crippen molar-refractivity contribution < 1.29 is 10.2 Å². The van der Waals surface area contributed by atoms with Crippen molar-refractivity contribution in [3.8, 4) is 5.75 Å². The quantitative estimate of drug-likeness (QED) is 0.632. The Bertz CT molecular complexity index is 583. The number of para-hydroxylation sites is 1. The Kier molecular flexibility index (Phi) is 6.66. The summed E-state index contributed by atoms with van der Waals surface area (Å²) in [6.45, 7) is 2.23. The molecule has 0 aliphatic carbocycles. The van der Waals surface area contributed by atoms with Crippen molar-refractivity contribution in [1.29, 1.82) is 0 Å². The highest BCUT2D eigenvalue weighted by Gasteiger charge is 2.10. The standard InChI is InChI=1S/C19H27NO2/c1-2-3-4-5-6-7-8-11-17(21)16-14-13-15-10-9-12-18(22)19(15)20-16/h9-10,12-14,17,21-22H,2-8,11H2,1H3. The van der Waals surface area contributed by atoms with E-state index >= 15 is 0 Å². The van der Waals surface area contributed by atoms with Crippen molar-refractivity contribution in [2.24, 2.45) is 0 Å². The Morgan fingerprint density at radius 3 is 2.45 bits per heavy atom. The zero-order valence-corrected chi connectivity index (χ0v) is 13.5. The number of benzene rings is 1. The molecule has 3 heteroatoms. The number of phenolic OH excluding ortho intramolecular Hbond substituents is 1. The molecule has 0 amide bonds. The molecule has 1 unspecified atom stereocenters. The maximum absolute atomic E-state index is 10.3. The molecule has 0 spiro atoms. The third-order valence-electron chi connectivity index (χ3n) is 4.14. The summed E-state index contributed by atoms with van der Waals surface area (Å²) < 4.78 is 0. The Hall–Kier alpha value is -1.61. The fraction of sp³-hybridized carbons (Fsp3) is 0.526. The van der Waals surface area contributed by atoms with Crippen molar-refractivity contribution in [3.63, 3.8) is 0 Å². The smallest absolute Gasteiger partial charge is 0.141 e. The summed E-state index contributed by atoms with van der Waals surface area (Å²) in [5.41, 5.74) is 1.22. The van der Waals surface area contributed by atoms with Crippen LogP contribution in [0.4, 0.5) is 0 Å². The summed E-state index contributed by atoms with van der Waals surface area (Å²) in [6.07, 6.45) is 8.86. The number of aliphatic hydroxyl groups is 1. The summed E-state index contributed by atoms with van der Waals surface area (Å²) in [5, 5.41) is 21.0. The fourth-order valence-corrected chi connectivity index (χ4v) is 2.77. The van der Waals surface area contributed by atoms with Crippen LogP contribution in [0.2, 0.25) is 0 Å². The number of phenols is 1. The van der Waals surface area contributed by atoms with Gasteiger partial charge in [0.2, 0.25) is 0 Å². The zero-order valence-electron chi connectivity index (χ0n) is 13.5. The molecule has 0 aliphatic heterocycles. The monoisotopic (exact) mass is 301 g/mol. The van der Waals surface area contributed by atoms with E-state index in [4.69, 9.17) is 0 Å². The summed E-state index contributed by atoms with van der Waals surface area (Å²) in [7, 11) is 0. The van der Waals surface area contributed by atoms with Gasteiger partial charge in [-0.15, -0.1) is 0 Å². The van der Waals surface area contributed by atoms with E-state index in [2.05, 4.69) is 11.9 Å². The number of pyridine rings is 1. The van der Waals surface area contributed by atoms with Gasteiger partial charge in [0.15, 0.2) is 0 Å². The molecule has 1 aromatic carbocycles. The van der Waals surface area contributed by atoms with Gasteiger partial charge in [0.25, 0.3) is 0 Å². The van der Waals surface area contributed by atoms with E-state index in [0.717, 1.165) is 18.2 Å². The minimum absolute atomic E-state index is 0.169. The number of aliphatic hydroxyl groups excluding tert-OH is 1. The third kappa shape index (κ3) is 4.70. The summed E-state index contributed by atoms with van der Waals surface area (Å²) in [4.78, 5) is 4.41. The van der Waals surface area contributed by atoms with Gasteiger partial charge in [-0.05, 0) is 18.6 Å². The van der Waals surface area contributed by atoms with Crippen LogP contribution in [-0.4, -0.2) is 15.2 Å². The first-order valence-electron chi connectivity index (χ1n) is 8.49. The second-order valence-corrected chi connectivity index (χ2v) is 6.01. The van der Waals surface area contributed by atoms with Crippen molar-refractivity contribution in [2.45, 2.75) is 64.4 Å². The average molecular weight is 301 g/mol. The first-order chi connectivity index (χ1) is 10.7. The molecule has 2 rings (SSSR count). The van der Waals surface area contributed by atoms with Gasteiger partial charge < -0.3 is 10.2 Å². The molecule has 22 heavy (non-hydrogen) atoms. The van der Waals surface area contributed by atoms with Crippen LogP contribution >= 0.6 is 0 Å². The van der Waals surface area contributed by atoms with E-state index in [-0.39, 0.29) is 5.75 Å². The Morgan fingerprint density at radius 1 is 0.955 bits per heavy atom. The third-order valence-corrected chi connectivity index (χ3v) is 4.14. The van der Waals surface area contributed by atoms with Gasteiger partial charge in [0, 0.05) is 5.39 Å². The van der Waals surface area contributed by atoms with E-state index in [1.165, 1.54) is 38.5 Å². The first kappa shape index (κ1) is 16.8. The highest BCUT2D eigenvalue weighted by Crippen LogP contribution is 2.26. The molecule has 2 N–H and O–H groups in total. The maximum Gasteiger partial charge on any atom is 0.141 e. The van der Waals surface area contributed by atoms with Crippen LogP contribution in [0.1, 0.15) is 70.1 Å². The fourth-order valence-electron chi connectivity index (χ4n) is 2.77. The topological polar surface area (TPSA) is 53.4 Å². The average Bonchev–Trinajstić information content (AvgIpc) is 2.54. The van der Waals surface area contributed by atoms with Crippen molar-refractivity contribution in [1.82, 2.24) is 4.98 Å². The molecule has 0 radical (unpaired) electrons. The minimum Gasteiger partial charge on any atom is -0.506 e. The number of aromatic nitrogens is 1. The summed E-state index contributed by atoms with van der Waals surface area (Å²) in [6, 6.07) is 9.10. The normalized spacial score (nSPS) is 12.6. The molecule has 1 atom stereocenters. The molecule has 1 aromatic heterocycles. The van der Waals surface area contributed by atoms with Gasteiger partial charge in [-0.25, -0.2) is 4.98 Å². The van der Waals surface area contributed by atoms with Crippen LogP contribution in [0.25, 0.3) is 10.9 Å². The minimum atomic E-state index is -0.542. The number of aromatic hydroxyl groups is 1. The molecule has 2 aromatic rings. The van der Waals surface area contributed by atoms with Crippen LogP contribution in [0.3, 0.4) is 0 Å². The van der Waals surface area contributed by atoms with E-state index in [1.807, 2.05) is 18.2 Å². The summed E-state index contributed by atoms with van der Waals surface area (Å²) >= 11 is 0. The molecule has 120 valence electrons. The Labute approximate surface area is 133 Å². The van der Waals surface area contributed by atoms with Gasteiger partial charge in [-0.1, -0.05) is 70.1 Å². The van der Waals surface area contributed by atoms with Gasteiger partial charge in [-0.2, -0.15) is 0 Å². The molecular weight excluding hydrogens is 274 g/mol. The largest absolute Gasteiger partial charge is 0.506 e. The van der Waals surface area contributed by atoms with Crippen molar-refractivity contribution in [2.75, 3.05) is 0 Å². The van der Waals surface area contributed by atoms with E-state index in [9.17, 15) is 10.2 Å². The number of hydrogen-bond acceptors (Lipinski definition) is 3. The van der Waals surface area contributed by atoms with Gasteiger partial charge in [0.05, 0.1) is 11.8 Å². The van der Waals surface area contributed by atoms with E-state index in [0.29, 0.717) is 11.2 Å². The van der Waals surface area contributed by atoms with Crippen LogP contribution < -0.4 is 0 Å². The lowest BCUT2D eigenvalue weighted by Crippen LogP contribution is -2.00. The zero-order chi connectivity index (χ0) is 15.8. The predicted octanol–water partition coefficient (Wildman–Crippen LogP) is 5.11. The van der Waals surface area contributed by atoms with Gasteiger partial charge >= 0.3 is 0 Å². The van der Waals surface area contributed by atoms with Crippen LogP contribution in [-0.2, 0) is 0 Å². The first-order valence-corrected chi connectivity index (χ1v) is 8.49. The lowest BCUT2D eigenvalue weighted by atomic mass is 10.0. The molecule has 0 aliphatic rings. The molecule has 0 fully saturated rings. The predicted molar refractivity (Wildman–Crippen MR) is 91.0 cm³/mol. The molecule has 0 bridgehead atoms. The Morgan fingerprint density at radius 2 is 1.68 bits per heavy atom. The number of hydrogen-bond donors (Lipinski definition) is 2. The van der Waals surface area contributed by atoms with E-state index in [1.54, 1.807) is 12.1 Å². The van der Waals surface area contributed by atoms with Crippen LogP contribution in [0.5, 0.6) is 5.75 Å². The highest BCUT2D eigenvalue weighted by atomic mass is 16.3. The Balaban J connectivity index is 1.82. The second-order valence-electron chi connectivity index (χ2n) is 6.01. The number of rotatable bonds is 9. The van der Waals surface area contributed by atoms with Crippen LogP contribution in [0.15, 0.2) is 30.3 Å². The van der Waals surface area contributed by atoms with Crippen LogP contribution in [0, 0.1) is 0 Å². The number of fused-ring (bicyclic) bond motifs is 1. The van der Waals surface area contributed by atoms with Crippen molar-refractivity contribution in [3.05, 3.63) is 36.0 Å². The van der Waals surface area contributed by atoms with Crippen molar-refractivity contribution >= 4 is 10.9 Å². The molecule has 0 saturated heterocycles.